The van der Waals surface area contributed by atoms with Gasteiger partial charge in [-0.25, -0.2) is 15.0 Å². The molecule has 0 amide bonds. The SMILES string of the molecule is c1ccc(-c2cccc(-c3ccc(-c4nc(-c5ccc(-c6ccc7ccccc7c6)c6ccccc56)nc(-c5cccc6c5sc5ccccc56)n4)cc3)c2)cc1. The Morgan fingerprint density at radius 2 is 0.825 bits per heavy atom. The lowest BCUT2D eigenvalue weighted by molar-refractivity contribution is 1.08. The summed E-state index contributed by atoms with van der Waals surface area (Å²) in [5.74, 6) is 1.95. The summed E-state index contributed by atoms with van der Waals surface area (Å²) in [6.07, 6.45) is 0. The van der Waals surface area contributed by atoms with Crippen LogP contribution in [0.25, 0.3) is 109 Å². The fourth-order valence-corrected chi connectivity index (χ4v) is 9.30. The van der Waals surface area contributed by atoms with Crippen molar-refractivity contribution in [3.63, 3.8) is 0 Å². The Labute approximate surface area is 334 Å². The number of benzene rings is 9. The normalized spacial score (nSPS) is 11.5. The predicted molar refractivity (Wildman–Crippen MR) is 240 cm³/mol. The van der Waals surface area contributed by atoms with Crippen molar-refractivity contribution in [2.75, 3.05) is 0 Å². The average Bonchev–Trinajstić information content (AvgIpc) is 3.68. The van der Waals surface area contributed by atoms with E-state index in [4.69, 9.17) is 15.0 Å². The second-order valence-electron chi connectivity index (χ2n) is 14.4. The first kappa shape index (κ1) is 33.1. The van der Waals surface area contributed by atoms with E-state index >= 15 is 0 Å². The van der Waals surface area contributed by atoms with Gasteiger partial charge in [0.15, 0.2) is 17.5 Å². The standard InChI is InChI=1S/C53H33N3S/c1-2-12-34(13-3-1)39-16-10-17-40(32-39)36-24-27-37(28-25-36)51-54-52(56-53(55-51)48-22-11-21-46-45-20-8-9-23-49(45)57-50(46)48)47-31-30-42(43-18-6-7-19-44(43)47)41-29-26-35-14-4-5-15-38(35)33-41/h1-33H. The summed E-state index contributed by atoms with van der Waals surface area (Å²) < 4.78 is 2.42. The van der Waals surface area contributed by atoms with Crippen LogP contribution in [0.3, 0.4) is 0 Å². The minimum absolute atomic E-state index is 0.639. The average molecular weight is 744 g/mol. The maximum Gasteiger partial charge on any atom is 0.165 e. The fourth-order valence-electron chi connectivity index (χ4n) is 8.09. The zero-order valence-electron chi connectivity index (χ0n) is 30.8. The van der Waals surface area contributed by atoms with Crippen molar-refractivity contribution in [2.24, 2.45) is 0 Å². The van der Waals surface area contributed by atoms with Gasteiger partial charge in [-0.1, -0.05) is 170 Å². The Kier molecular flexibility index (Phi) is 8.01. The maximum atomic E-state index is 5.30. The zero-order chi connectivity index (χ0) is 37.7. The van der Waals surface area contributed by atoms with Gasteiger partial charge in [0.05, 0.1) is 0 Å². The highest BCUT2D eigenvalue weighted by Gasteiger charge is 2.19. The molecular formula is C53H33N3S. The molecule has 0 radical (unpaired) electrons. The molecule has 2 aromatic heterocycles. The summed E-state index contributed by atoms with van der Waals surface area (Å²) in [5.41, 5.74) is 9.96. The molecule has 0 N–H and O–H groups in total. The summed E-state index contributed by atoms with van der Waals surface area (Å²) in [7, 11) is 0. The monoisotopic (exact) mass is 743 g/mol. The van der Waals surface area contributed by atoms with Gasteiger partial charge < -0.3 is 0 Å². The third-order valence-electron chi connectivity index (χ3n) is 11.0. The Morgan fingerprint density at radius 3 is 1.63 bits per heavy atom. The molecule has 2 heterocycles. The van der Waals surface area contributed by atoms with E-state index in [9.17, 15) is 0 Å². The number of rotatable bonds is 6. The molecule has 0 saturated carbocycles. The van der Waals surface area contributed by atoms with Gasteiger partial charge in [-0.15, -0.1) is 11.3 Å². The van der Waals surface area contributed by atoms with Crippen LogP contribution < -0.4 is 0 Å². The van der Waals surface area contributed by atoms with Gasteiger partial charge >= 0.3 is 0 Å². The van der Waals surface area contributed by atoms with E-state index in [1.807, 2.05) is 0 Å². The van der Waals surface area contributed by atoms with Gasteiger partial charge in [-0.2, -0.15) is 0 Å². The molecule has 11 aromatic rings. The van der Waals surface area contributed by atoms with Crippen molar-refractivity contribution in [3.8, 4) is 67.5 Å². The van der Waals surface area contributed by atoms with Gasteiger partial charge in [0.2, 0.25) is 0 Å². The minimum atomic E-state index is 0.639. The van der Waals surface area contributed by atoms with Crippen LogP contribution in [0.4, 0.5) is 0 Å². The molecule has 266 valence electrons. The number of aromatic nitrogens is 3. The van der Waals surface area contributed by atoms with E-state index in [1.165, 1.54) is 53.2 Å². The van der Waals surface area contributed by atoms with Gasteiger partial charge in [-0.05, 0) is 85.3 Å². The van der Waals surface area contributed by atoms with E-state index in [0.717, 1.165) is 38.6 Å². The van der Waals surface area contributed by atoms with Crippen molar-refractivity contribution in [1.29, 1.82) is 0 Å². The Balaban J connectivity index is 1.07. The second kappa shape index (κ2) is 13.8. The fraction of sp³-hybridized carbons (Fsp3) is 0. The molecule has 0 aliphatic rings. The highest BCUT2D eigenvalue weighted by Crippen LogP contribution is 2.41. The molecule has 0 fully saturated rings. The van der Waals surface area contributed by atoms with Crippen LogP contribution >= 0.6 is 11.3 Å². The molecule has 0 spiro atoms. The molecule has 0 bridgehead atoms. The lowest BCUT2D eigenvalue weighted by Gasteiger charge is -2.14. The van der Waals surface area contributed by atoms with Crippen LogP contribution in [0.2, 0.25) is 0 Å². The zero-order valence-corrected chi connectivity index (χ0v) is 31.6. The molecule has 0 unspecified atom stereocenters. The number of nitrogens with zero attached hydrogens (tertiary/aromatic N) is 3. The van der Waals surface area contributed by atoms with Crippen LogP contribution in [0.5, 0.6) is 0 Å². The molecule has 11 rings (SSSR count). The van der Waals surface area contributed by atoms with Gasteiger partial charge in [0, 0.05) is 36.9 Å². The smallest absolute Gasteiger partial charge is 0.165 e. The van der Waals surface area contributed by atoms with E-state index in [-0.39, 0.29) is 0 Å². The topological polar surface area (TPSA) is 38.7 Å². The van der Waals surface area contributed by atoms with E-state index in [2.05, 4.69) is 200 Å². The van der Waals surface area contributed by atoms with Crippen molar-refractivity contribution in [3.05, 3.63) is 200 Å². The van der Waals surface area contributed by atoms with Crippen LogP contribution in [0.15, 0.2) is 200 Å². The summed E-state index contributed by atoms with van der Waals surface area (Å²) in [5, 5.41) is 7.16. The summed E-state index contributed by atoms with van der Waals surface area (Å²) in [4.78, 5) is 15.8. The largest absolute Gasteiger partial charge is 0.208 e. The molecule has 0 atom stereocenters. The quantitative estimate of drug-likeness (QED) is 0.170. The van der Waals surface area contributed by atoms with Crippen LogP contribution in [0.1, 0.15) is 0 Å². The predicted octanol–water partition coefficient (Wildman–Crippen LogP) is 14.5. The number of thiophene rings is 1. The second-order valence-corrected chi connectivity index (χ2v) is 15.4. The van der Waals surface area contributed by atoms with Crippen molar-refractivity contribution >= 4 is 53.1 Å². The number of hydrogen-bond donors (Lipinski definition) is 0. The van der Waals surface area contributed by atoms with Crippen molar-refractivity contribution in [2.45, 2.75) is 0 Å². The van der Waals surface area contributed by atoms with Gasteiger partial charge in [0.25, 0.3) is 0 Å². The summed E-state index contributed by atoms with van der Waals surface area (Å²) >= 11 is 1.79. The molecule has 3 nitrogen and oxygen atoms in total. The highest BCUT2D eigenvalue weighted by atomic mass is 32.1. The molecule has 0 aliphatic carbocycles. The summed E-state index contributed by atoms with van der Waals surface area (Å²) in [6.45, 7) is 0. The van der Waals surface area contributed by atoms with E-state index < -0.39 is 0 Å². The first-order chi connectivity index (χ1) is 28.2. The van der Waals surface area contributed by atoms with Crippen LogP contribution in [0, 0.1) is 0 Å². The number of hydrogen-bond acceptors (Lipinski definition) is 4. The van der Waals surface area contributed by atoms with Gasteiger partial charge in [-0.3, -0.25) is 0 Å². The Bertz CT molecular complexity index is 3290. The summed E-state index contributed by atoms with van der Waals surface area (Å²) in [6, 6.07) is 71.1. The van der Waals surface area contributed by atoms with E-state index in [1.54, 1.807) is 11.3 Å². The van der Waals surface area contributed by atoms with Crippen molar-refractivity contribution < 1.29 is 0 Å². The maximum absolute atomic E-state index is 5.30. The highest BCUT2D eigenvalue weighted by molar-refractivity contribution is 7.26. The lowest BCUT2D eigenvalue weighted by atomic mass is 9.93. The van der Waals surface area contributed by atoms with Crippen molar-refractivity contribution in [1.82, 2.24) is 15.0 Å². The van der Waals surface area contributed by atoms with Crippen LogP contribution in [-0.2, 0) is 0 Å². The molecule has 0 aliphatic heterocycles. The molecular weight excluding hydrogens is 711 g/mol. The Hall–Kier alpha value is -7.27. The van der Waals surface area contributed by atoms with Gasteiger partial charge in [0.1, 0.15) is 0 Å². The molecule has 9 aromatic carbocycles. The van der Waals surface area contributed by atoms with Crippen LogP contribution in [-0.4, -0.2) is 15.0 Å². The first-order valence-corrected chi connectivity index (χ1v) is 20.0. The molecule has 4 heteroatoms. The third kappa shape index (κ3) is 5.95. The number of fused-ring (bicyclic) bond motifs is 5. The first-order valence-electron chi connectivity index (χ1n) is 19.2. The molecule has 0 saturated heterocycles. The van der Waals surface area contributed by atoms with E-state index in [0.29, 0.717) is 17.5 Å². The lowest BCUT2D eigenvalue weighted by Crippen LogP contribution is -2.01. The Morgan fingerprint density at radius 1 is 0.281 bits per heavy atom. The minimum Gasteiger partial charge on any atom is -0.208 e. The molecule has 57 heavy (non-hydrogen) atoms. The third-order valence-corrected chi connectivity index (χ3v) is 12.2.